The van der Waals surface area contributed by atoms with Crippen molar-refractivity contribution in [1.82, 2.24) is 10.2 Å². The van der Waals surface area contributed by atoms with Gasteiger partial charge in [0.15, 0.2) is 18.1 Å². The first-order valence-corrected chi connectivity index (χ1v) is 9.82. The Morgan fingerprint density at radius 1 is 1.00 bits per heavy atom. The number of rotatable bonds is 8. The number of aryl methyl sites for hydroxylation is 2. The molecule has 0 radical (unpaired) electrons. The van der Waals surface area contributed by atoms with Crippen molar-refractivity contribution >= 4 is 22.4 Å². The van der Waals surface area contributed by atoms with E-state index in [-0.39, 0.29) is 12.5 Å². The van der Waals surface area contributed by atoms with E-state index >= 15 is 0 Å². The maximum Gasteiger partial charge on any atom is 0.264 e. The molecule has 2 aromatic carbocycles. The van der Waals surface area contributed by atoms with Gasteiger partial charge in [-0.25, -0.2) is 0 Å². The second kappa shape index (κ2) is 9.38. The van der Waals surface area contributed by atoms with Crippen molar-refractivity contribution in [3.63, 3.8) is 0 Å². The molecule has 1 aromatic heterocycles. The Morgan fingerprint density at radius 3 is 2.41 bits per heavy atom. The van der Waals surface area contributed by atoms with Gasteiger partial charge >= 0.3 is 0 Å². The zero-order valence-corrected chi connectivity index (χ0v) is 17.6. The molecule has 8 heteroatoms. The topological polar surface area (TPSA) is 82.6 Å². The second-order valence-electron chi connectivity index (χ2n) is 6.53. The molecule has 0 aliphatic carbocycles. The van der Waals surface area contributed by atoms with Crippen molar-refractivity contribution in [3.8, 4) is 17.2 Å². The number of nitrogens with one attached hydrogen (secondary N) is 1. The third-order valence-electron chi connectivity index (χ3n) is 4.08. The van der Waals surface area contributed by atoms with Gasteiger partial charge in [-0.05, 0) is 54.8 Å². The lowest BCUT2D eigenvalue weighted by Crippen LogP contribution is -2.20. The number of carbonyl (C=O) groups is 1. The highest BCUT2D eigenvalue weighted by molar-refractivity contribution is 7.15. The molecule has 1 N–H and O–H groups in total. The summed E-state index contributed by atoms with van der Waals surface area (Å²) in [5.74, 6) is 1.72. The van der Waals surface area contributed by atoms with E-state index < -0.39 is 0 Å². The minimum Gasteiger partial charge on any atom is -0.493 e. The lowest BCUT2D eigenvalue weighted by atomic mass is 10.1. The van der Waals surface area contributed by atoms with Gasteiger partial charge in [0.05, 0.1) is 14.2 Å². The number of carbonyl (C=O) groups excluding carboxylic acids is 1. The Morgan fingerprint density at radius 2 is 1.72 bits per heavy atom. The van der Waals surface area contributed by atoms with Crippen LogP contribution in [0.5, 0.6) is 17.2 Å². The normalized spacial score (nSPS) is 10.5. The summed E-state index contributed by atoms with van der Waals surface area (Å²) in [6.45, 7) is 3.88. The summed E-state index contributed by atoms with van der Waals surface area (Å²) >= 11 is 1.32. The van der Waals surface area contributed by atoms with E-state index in [4.69, 9.17) is 14.2 Å². The van der Waals surface area contributed by atoms with Crippen molar-refractivity contribution < 1.29 is 19.0 Å². The minimum absolute atomic E-state index is 0.0898. The molecule has 3 rings (SSSR count). The first-order chi connectivity index (χ1) is 14.0. The van der Waals surface area contributed by atoms with Crippen LogP contribution >= 0.6 is 11.3 Å². The molecule has 1 heterocycles. The molecule has 152 valence electrons. The highest BCUT2D eigenvalue weighted by Crippen LogP contribution is 2.29. The molecule has 0 atom stereocenters. The summed E-state index contributed by atoms with van der Waals surface area (Å²) in [4.78, 5) is 12.1. The summed E-state index contributed by atoms with van der Waals surface area (Å²) in [5, 5.41) is 12.1. The Balaban J connectivity index is 1.56. The van der Waals surface area contributed by atoms with Crippen LogP contribution < -0.4 is 19.5 Å². The molecule has 0 bridgehead atoms. The van der Waals surface area contributed by atoms with Crippen LogP contribution in [0.2, 0.25) is 0 Å². The number of hydrogen-bond donors (Lipinski definition) is 1. The average molecular weight is 413 g/mol. The van der Waals surface area contributed by atoms with E-state index in [0.29, 0.717) is 28.8 Å². The number of hydrogen-bond acceptors (Lipinski definition) is 7. The van der Waals surface area contributed by atoms with Crippen LogP contribution in [0.4, 0.5) is 5.13 Å². The van der Waals surface area contributed by atoms with Crippen molar-refractivity contribution in [2.45, 2.75) is 20.3 Å². The molecular formula is C21H23N3O4S. The summed E-state index contributed by atoms with van der Waals surface area (Å²) < 4.78 is 16.1. The summed E-state index contributed by atoms with van der Waals surface area (Å²) in [5.41, 5.74) is 3.18. The van der Waals surface area contributed by atoms with Crippen molar-refractivity contribution in [3.05, 3.63) is 58.1 Å². The molecule has 0 aliphatic rings. The van der Waals surface area contributed by atoms with Gasteiger partial charge < -0.3 is 14.2 Å². The van der Waals surface area contributed by atoms with Crippen LogP contribution in [-0.4, -0.2) is 36.9 Å². The second-order valence-corrected chi connectivity index (χ2v) is 7.59. The van der Waals surface area contributed by atoms with Gasteiger partial charge in [0, 0.05) is 6.42 Å². The highest BCUT2D eigenvalue weighted by atomic mass is 32.1. The van der Waals surface area contributed by atoms with Crippen LogP contribution in [0.1, 0.15) is 21.7 Å². The largest absolute Gasteiger partial charge is 0.493 e. The number of benzene rings is 2. The Hall–Kier alpha value is -3.13. The van der Waals surface area contributed by atoms with Crippen LogP contribution in [0.25, 0.3) is 0 Å². The third-order valence-corrected chi connectivity index (χ3v) is 4.92. The maximum atomic E-state index is 12.1. The summed E-state index contributed by atoms with van der Waals surface area (Å²) in [7, 11) is 3.20. The van der Waals surface area contributed by atoms with E-state index in [1.54, 1.807) is 14.2 Å². The van der Waals surface area contributed by atoms with E-state index in [1.807, 2.05) is 50.2 Å². The fourth-order valence-corrected chi connectivity index (χ4v) is 3.65. The van der Waals surface area contributed by atoms with E-state index in [0.717, 1.165) is 21.7 Å². The number of anilines is 1. The van der Waals surface area contributed by atoms with Gasteiger partial charge in [0.1, 0.15) is 10.8 Å². The highest BCUT2D eigenvalue weighted by Gasteiger charge is 2.11. The zero-order valence-electron chi connectivity index (χ0n) is 16.8. The Kier molecular flexibility index (Phi) is 6.66. The molecule has 0 aliphatic heterocycles. The number of ether oxygens (including phenoxy) is 3. The van der Waals surface area contributed by atoms with Gasteiger partial charge in [-0.2, -0.15) is 0 Å². The number of amides is 1. The third kappa shape index (κ3) is 5.68. The molecule has 3 aromatic rings. The van der Waals surface area contributed by atoms with E-state index in [1.165, 1.54) is 11.3 Å². The molecule has 1 amide bonds. The van der Waals surface area contributed by atoms with Gasteiger partial charge in [-0.1, -0.05) is 23.5 Å². The van der Waals surface area contributed by atoms with Crippen molar-refractivity contribution in [2.75, 3.05) is 26.1 Å². The van der Waals surface area contributed by atoms with Crippen LogP contribution in [0.15, 0.2) is 36.4 Å². The van der Waals surface area contributed by atoms with Crippen LogP contribution in [0, 0.1) is 13.8 Å². The predicted octanol–water partition coefficient (Wildman–Crippen LogP) is 3.78. The van der Waals surface area contributed by atoms with Gasteiger partial charge in [0.2, 0.25) is 5.13 Å². The molecule has 0 fully saturated rings. The number of aromatic nitrogens is 2. The summed E-state index contributed by atoms with van der Waals surface area (Å²) in [6.07, 6.45) is 0.576. The maximum absolute atomic E-state index is 12.1. The Labute approximate surface area is 173 Å². The fraction of sp³-hybridized carbons (Fsp3) is 0.286. The predicted molar refractivity (Wildman–Crippen MR) is 112 cm³/mol. The fourth-order valence-electron chi connectivity index (χ4n) is 2.86. The number of nitrogens with zero attached hydrogens (tertiary/aromatic N) is 2. The van der Waals surface area contributed by atoms with Gasteiger partial charge in [-0.15, -0.1) is 10.2 Å². The first-order valence-electron chi connectivity index (χ1n) is 9.01. The SMILES string of the molecule is COc1ccc(Cc2nnc(NC(=O)COc3cc(C)cc(C)c3)s2)cc1OC. The summed E-state index contributed by atoms with van der Waals surface area (Å²) in [6, 6.07) is 11.5. The van der Waals surface area contributed by atoms with Gasteiger partial charge in [0.25, 0.3) is 5.91 Å². The van der Waals surface area contributed by atoms with Crippen LogP contribution in [-0.2, 0) is 11.2 Å². The molecule has 0 spiro atoms. The molecule has 7 nitrogen and oxygen atoms in total. The van der Waals surface area contributed by atoms with E-state index in [2.05, 4.69) is 15.5 Å². The average Bonchev–Trinajstić information content (AvgIpc) is 3.12. The molecule has 0 saturated heterocycles. The first kappa shape index (κ1) is 20.6. The smallest absolute Gasteiger partial charge is 0.264 e. The molecular weight excluding hydrogens is 390 g/mol. The monoisotopic (exact) mass is 413 g/mol. The zero-order chi connectivity index (χ0) is 20.8. The van der Waals surface area contributed by atoms with Crippen molar-refractivity contribution in [2.24, 2.45) is 0 Å². The van der Waals surface area contributed by atoms with Gasteiger partial charge in [-0.3, -0.25) is 10.1 Å². The lowest BCUT2D eigenvalue weighted by Gasteiger charge is -2.08. The number of methoxy groups -OCH3 is 2. The quantitative estimate of drug-likeness (QED) is 0.605. The van der Waals surface area contributed by atoms with Crippen molar-refractivity contribution in [1.29, 1.82) is 0 Å². The lowest BCUT2D eigenvalue weighted by molar-refractivity contribution is -0.118. The molecule has 0 unspecified atom stereocenters. The molecule has 0 saturated carbocycles. The van der Waals surface area contributed by atoms with Crippen LogP contribution in [0.3, 0.4) is 0 Å². The van der Waals surface area contributed by atoms with E-state index in [9.17, 15) is 4.79 Å². The molecule has 29 heavy (non-hydrogen) atoms. The Bertz CT molecular complexity index is 983. The standard InChI is InChI=1S/C21H23N3O4S/c1-13-7-14(2)9-16(8-13)28-12-19(25)22-21-24-23-20(29-21)11-15-5-6-17(26-3)18(10-15)27-4/h5-10H,11-12H2,1-4H3,(H,22,24,25). The minimum atomic E-state index is -0.280.